The summed E-state index contributed by atoms with van der Waals surface area (Å²) in [5.74, 6) is -0.320. The van der Waals surface area contributed by atoms with Crippen LogP contribution in [-0.2, 0) is 10.0 Å². The van der Waals surface area contributed by atoms with E-state index in [1.807, 2.05) is 0 Å². The second-order valence-corrected chi connectivity index (χ2v) is 9.32. The molecular formula is C18H26F3N3O3S. The van der Waals surface area contributed by atoms with E-state index < -0.39 is 28.8 Å². The first kappa shape index (κ1) is 22.6. The molecule has 1 heterocycles. The summed E-state index contributed by atoms with van der Waals surface area (Å²) in [4.78, 5) is 15.6. The molecule has 0 radical (unpaired) electrons. The van der Waals surface area contributed by atoms with Crippen LogP contribution < -0.4 is 0 Å². The smallest absolute Gasteiger partial charge is 0.336 e. The van der Waals surface area contributed by atoms with Gasteiger partial charge in [-0.2, -0.15) is 17.5 Å². The van der Waals surface area contributed by atoms with Crippen LogP contribution in [0.1, 0.15) is 31.1 Å². The third-order valence-corrected chi connectivity index (χ3v) is 6.99. The predicted molar refractivity (Wildman–Crippen MR) is 99.5 cm³/mol. The Kier molecular flexibility index (Phi) is 6.78. The quantitative estimate of drug-likeness (QED) is 0.733. The number of nitrogens with zero attached hydrogens (tertiary/aromatic N) is 3. The first-order valence-electron chi connectivity index (χ1n) is 9.01. The van der Waals surface area contributed by atoms with Crippen LogP contribution >= 0.6 is 0 Å². The van der Waals surface area contributed by atoms with Crippen LogP contribution in [-0.4, -0.2) is 79.9 Å². The molecule has 1 aromatic rings. The molecule has 0 spiro atoms. The molecule has 0 aromatic heterocycles. The van der Waals surface area contributed by atoms with Crippen molar-refractivity contribution in [2.75, 3.05) is 33.2 Å². The molecule has 1 fully saturated rings. The fraction of sp³-hybridized carbons (Fsp3) is 0.611. The monoisotopic (exact) mass is 421 g/mol. The number of benzene rings is 1. The molecule has 1 unspecified atom stereocenters. The maximum atomic E-state index is 12.7. The van der Waals surface area contributed by atoms with Crippen LogP contribution in [0.4, 0.5) is 13.2 Å². The molecule has 1 aromatic carbocycles. The molecule has 1 aliphatic heterocycles. The molecule has 6 nitrogen and oxygen atoms in total. The predicted octanol–water partition coefficient (Wildman–Crippen LogP) is 2.42. The Bertz CT molecular complexity index is 795. The van der Waals surface area contributed by atoms with Crippen molar-refractivity contribution >= 4 is 15.9 Å². The molecule has 0 saturated carbocycles. The van der Waals surface area contributed by atoms with Crippen molar-refractivity contribution < 1.29 is 26.4 Å². The van der Waals surface area contributed by atoms with Gasteiger partial charge in [0.25, 0.3) is 5.91 Å². The lowest BCUT2D eigenvalue weighted by Crippen LogP contribution is -2.55. The largest absolute Gasteiger partial charge is 0.401 e. The number of sulfonamides is 1. The van der Waals surface area contributed by atoms with Gasteiger partial charge in [-0.1, -0.05) is 0 Å². The van der Waals surface area contributed by atoms with Crippen molar-refractivity contribution in [1.29, 1.82) is 0 Å². The summed E-state index contributed by atoms with van der Waals surface area (Å²) < 4.78 is 64.0. The van der Waals surface area contributed by atoms with Crippen molar-refractivity contribution in [1.82, 2.24) is 14.1 Å². The number of amides is 1. The Morgan fingerprint density at radius 1 is 1.21 bits per heavy atom. The third-order valence-electron chi connectivity index (χ3n) is 4.94. The van der Waals surface area contributed by atoms with E-state index in [1.54, 1.807) is 20.8 Å². The highest BCUT2D eigenvalue weighted by molar-refractivity contribution is 7.89. The van der Waals surface area contributed by atoms with Crippen LogP contribution in [0.15, 0.2) is 29.2 Å². The topological polar surface area (TPSA) is 60.9 Å². The summed E-state index contributed by atoms with van der Waals surface area (Å²) in [6.07, 6.45) is -4.27. The van der Waals surface area contributed by atoms with E-state index >= 15 is 0 Å². The zero-order valence-corrected chi connectivity index (χ0v) is 17.2. The highest BCUT2D eigenvalue weighted by Gasteiger charge is 2.36. The number of halogens is 3. The van der Waals surface area contributed by atoms with Gasteiger partial charge in [0.05, 0.1) is 11.4 Å². The molecule has 28 heavy (non-hydrogen) atoms. The van der Waals surface area contributed by atoms with Gasteiger partial charge in [0.2, 0.25) is 10.0 Å². The minimum Gasteiger partial charge on any atom is -0.336 e. The zero-order valence-electron chi connectivity index (χ0n) is 16.4. The van der Waals surface area contributed by atoms with E-state index in [2.05, 4.69) is 0 Å². The number of carbonyl (C=O) groups excluding carboxylic acids is 1. The third kappa shape index (κ3) is 5.24. The molecule has 158 valence electrons. The Morgan fingerprint density at radius 2 is 1.79 bits per heavy atom. The summed E-state index contributed by atoms with van der Waals surface area (Å²) in [6, 6.07) is 5.02. The summed E-state index contributed by atoms with van der Waals surface area (Å²) in [6.45, 7) is 4.69. The first-order valence-corrected chi connectivity index (χ1v) is 10.4. The molecule has 2 rings (SSSR count). The van der Waals surface area contributed by atoms with Gasteiger partial charge in [-0.3, -0.25) is 9.69 Å². The van der Waals surface area contributed by atoms with Crippen LogP contribution in [0.5, 0.6) is 0 Å². The van der Waals surface area contributed by atoms with Gasteiger partial charge in [0, 0.05) is 44.3 Å². The van der Waals surface area contributed by atoms with Crippen molar-refractivity contribution in [3.8, 4) is 0 Å². The van der Waals surface area contributed by atoms with Gasteiger partial charge < -0.3 is 4.90 Å². The fourth-order valence-corrected chi connectivity index (χ4v) is 4.41. The molecular weight excluding hydrogens is 395 g/mol. The lowest BCUT2D eigenvalue weighted by Gasteiger charge is -2.40. The van der Waals surface area contributed by atoms with Gasteiger partial charge in [-0.15, -0.1) is 0 Å². The number of carbonyl (C=O) groups is 1. The van der Waals surface area contributed by atoms with Crippen molar-refractivity contribution in [3.05, 3.63) is 29.8 Å². The van der Waals surface area contributed by atoms with E-state index in [9.17, 15) is 26.4 Å². The van der Waals surface area contributed by atoms with E-state index in [1.165, 1.54) is 45.4 Å². The Balaban J connectivity index is 2.08. The Hall–Kier alpha value is -1.65. The van der Waals surface area contributed by atoms with Crippen molar-refractivity contribution in [2.45, 2.75) is 43.9 Å². The molecule has 0 aliphatic carbocycles. The standard InChI is InChI=1S/C18H26F3N3O3S/c1-13(2)22(4)28(26,27)16-7-5-15(6-8-16)17(25)23-9-10-24(14(3)11-23)12-18(19,20)21/h5-8,13-14H,9-12H2,1-4H3. The molecule has 10 heteroatoms. The SMILES string of the molecule is CC1CN(C(=O)c2ccc(S(=O)(=O)N(C)C(C)C)cc2)CCN1CC(F)(F)F. The molecule has 1 amide bonds. The van der Waals surface area contributed by atoms with Crippen LogP contribution in [0.2, 0.25) is 0 Å². The number of hydrogen-bond donors (Lipinski definition) is 0. The lowest BCUT2D eigenvalue weighted by molar-refractivity contribution is -0.153. The van der Waals surface area contributed by atoms with Gasteiger partial charge in [0.1, 0.15) is 0 Å². The maximum absolute atomic E-state index is 12.7. The molecule has 0 N–H and O–H groups in total. The van der Waals surface area contributed by atoms with Crippen molar-refractivity contribution in [3.63, 3.8) is 0 Å². The molecule has 0 bridgehead atoms. The second-order valence-electron chi connectivity index (χ2n) is 7.33. The Labute approximate surface area is 164 Å². The van der Waals surface area contributed by atoms with Gasteiger partial charge >= 0.3 is 6.18 Å². The van der Waals surface area contributed by atoms with Crippen LogP contribution in [0, 0.1) is 0 Å². The molecule has 1 aliphatic rings. The van der Waals surface area contributed by atoms with E-state index in [0.717, 1.165) is 0 Å². The Morgan fingerprint density at radius 3 is 2.25 bits per heavy atom. The highest BCUT2D eigenvalue weighted by atomic mass is 32.2. The summed E-state index contributed by atoms with van der Waals surface area (Å²) >= 11 is 0. The molecule has 1 saturated heterocycles. The van der Waals surface area contributed by atoms with Gasteiger partial charge in [0.15, 0.2) is 0 Å². The summed E-state index contributed by atoms with van der Waals surface area (Å²) in [7, 11) is -2.16. The number of piperazine rings is 1. The minimum absolute atomic E-state index is 0.0867. The number of rotatable bonds is 5. The average Bonchev–Trinajstić information content (AvgIpc) is 2.61. The fourth-order valence-electron chi connectivity index (χ4n) is 3.04. The first-order chi connectivity index (χ1) is 12.8. The van der Waals surface area contributed by atoms with E-state index in [-0.39, 0.29) is 36.5 Å². The number of alkyl halides is 3. The van der Waals surface area contributed by atoms with Gasteiger partial charge in [-0.05, 0) is 45.0 Å². The normalized spacial score (nSPS) is 19.5. The van der Waals surface area contributed by atoms with Gasteiger partial charge in [-0.25, -0.2) is 8.42 Å². The van der Waals surface area contributed by atoms with E-state index in [4.69, 9.17) is 0 Å². The van der Waals surface area contributed by atoms with Crippen molar-refractivity contribution in [2.24, 2.45) is 0 Å². The zero-order chi connectivity index (χ0) is 21.3. The van der Waals surface area contributed by atoms with Crippen LogP contribution in [0.25, 0.3) is 0 Å². The lowest BCUT2D eigenvalue weighted by atomic mass is 10.1. The minimum atomic E-state index is -4.27. The maximum Gasteiger partial charge on any atom is 0.401 e. The summed E-state index contributed by atoms with van der Waals surface area (Å²) in [5, 5.41) is 0. The average molecular weight is 421 g/mol. The van der Waals surface area contributed by atoms with E-state index in [0.29, 0.717) is 5.56 Å². The molecule has 1 atom stereocenters. The highest BCUT2D eigenvalue weighted by Crippen LogP contribution is 2.22. The number of hydrogen-bond acceptors (Lipinski definition) is 4. The van der Waals surface area contributed by atoms with Crippen LogP contribution in [0.3, 0.4) is 0 Å². The second kappa shape index (κ2) is 8.38. The summed E-state index contributed by atoms with van der Waals surface area (Å²) in [5.41, 5.74) is 0.308.